The minimum Gasteiger partial charge on any atom is -0.371 e. The van der Waals surface area contributed by atoms with Crippen molar-refractivity contribution in [2.45, 2.75) is 32.2 Å². The highest BCUT2D eigenvalue weighted by Gasteiger charge is 2.28. The third-order valence-corrected chi connectivity index (χ3v) is 4.93. The zero-order chi connectivity index (χ0) is 17.6. The van der Waals surface area contributed by atoms with Crippen molar-refractivity contribution in [1.82, 2.24) is 0 Å². The van der Waals surface area contributed by atoms with Crippen molar-refractivity contribution in [1.29, 1.82) is 0 Å². The van der Waals surface area contributed by atoms with Gasteiger partial charge in [0.15, 0.2) is 0 Å². The number of hydrogen-bond acceptors (Lipinski definition) is 2. The van der Waals surface area contributed by atoms with E-state index in [4.69, 9.17) is 0 Å². The molecule has 1 heterocycles. The minimum atomic E-state index is 0.205. The Balaban J connectivity index is 1.75. The number of anilines is 2. The van der Waals surface area contributed by atoms with Gasteiger partial charge >= 0.3 is 0 Å². The number of piperidine rings is 1. The summed E-state index contributed by atoms with van der Waals surface area (Å²) in [7, 11) is 0. The van der Waals surface area contributed by atoms with Gasteiger partial charge in [-0.1, -0.05) is 56.0 Å². The number of rotatable bonds is 5. The van der Waals surface area contributed by atoms with Gasteiger partial charge in [-0.05, 0) is 36.6 Å². The normalized spacial score (nSPS) is 15.0. The SMILES string of the molecule is C=Cc1ccccc1N1CCC(N(C(=O)CC)c2ccccc2)CC1. The smallest absolute Gasteiger partial charge is 0.226 e. The van der Waals surface area contributed by atoms with E-state index in [0.29, 0.717) is 6.42 Å². The van der Waals surface area contributed by atoms with Gasteiger partial charge in [0.2, 0.25) is 5.91 Å². The molecule has 1 aliphatic heterocycles. The van der Waals surface area contributed by atoms with E-state index in [1.807, 2.05) is 54.3 Å². The van der Waals surface area contributed by atoms with Crippen LogP contribution in [0.3, 0.4) is 0 Å². The maximum absolute atomic E-state index is 12.6. The lowest BCUT2D eigenvalue weighted by molar-refractivity contribution is -0.118. The summed E-state index contributed by atoms with van der Waals surface area (Å²) in [6.07, 6.45) is 4.41. The van der Waals surface area contributed by atoms with Gasteiger partial charge in [0.05, 0.1) is 0 Å². The van der Waals surface area contributed by atoms with Crippen molar-refractivity contribution < 1.29 is 4.79 Å². The zero-order valence-corrected chi connectivity index (χ0v) is 14.9. The molecule has 0 saturated carbocycles. The molecule has 25 heavy (non-hydrogen) atoms. The molecule has 3 rings (SSSR count). The summed E-state index contributed by atoms with van der Waals surface area (Å²) in [5.74, 6) is 0.205. The number of amides is 1. The third-order valence-electron chi connectivity index (χ3n) is 4.93. The van der Waals surface area contributed by atoms with Gasteiger partial charge in [-0.3, -0.25) is 4.79 Å². The van der Waals surface area contributed by atoms with Crippen molar-refractivity contribution in [3.63, 3.8) is 0 Å². The number of para-hydroxylation sites is 2. The number of benzene rings is 2. The van der Waals surface area contributed by atoms with Crippen molar-refractivity contribution in [2.24, 2.45) is 0 Å². The third kappa shape index (κ3) is 3.76. The number of carbonyl (C=O) groups excluding carboxylic acids is 1. The van der Waals surface area contributed by atoms with E-state index in [1.165, 1.54) is 11.3 Å². The standard InChI is InChI=1S/C22H26N2O/c1-3-18-10-8-9-13-21(18)23-16-14-20(15-17-23)24(22(25)4-2)19-11-6-5-7-12-19/h3,5-13,20H,1,4,14-17H2,2H3. The maximum atomic E-state index is 12.6. The predicted octanol–water partition coefficient (Wildman–Crippen LogP) is 4.74. The fourth-order valence-corrected chi connectivity index (χ4v) is 3.63. The molecule has 1 fully saturated rings. The summed E-state index contributed by atoms with van der Waals surface area (Å²) in [4.78, 5) is 17.0. The van der Waals surface area contributed by atoms with Crippen molar-refractivity contribution in [2.75, 3.05) is 22.9 Å². The van der Waals surface area contributed by atoms with Crippen LogP contribution in [0.2, 0.25) is 0 Å². The van der Waals surface area contributed by atoms with Crippen LogP contribution in [0.5, 0.6) is 0 Å². The summed E-state index contributed by atoms with van der Waals surface area (Å²) in [6.45, 7) is 7.77. The van der Waals surface area contributed by atoms with E-state index in [9.17, 15) is 4.79 Å². The average molecular weight is 334 g/mol. The molecule has 130 valence electrons. The van der Waals surface area contributed by atoms with Crippen LogP contribution in [0, 0.1) is 0 Å². The summed E-state index contributed by atoms with van der Waals surface area (Å²) < 4.78 is 0. The van der Waals surface area contributed by atoms with E-state index in [-0.39, 0.29) is 11.9 Å². The second-order valence-electron chi connectivity index (χ2n) is 6.43. The van der Waals surface area contributed by atoms with Gasteiger partial charge in [-0.15, -0.1) is 0 Å². The molecule has 0 atom stereocenters. The minimum absolute atomic E-state index is 0.205. The lowest BCUT2D eigenvalue weighted by Crippen LogP contribution is -2.47. The van der Waals surface area contributed by atoms with Crippen LogP contribution < -0.4 is 9.80 Å². The summed E-state index contributed by atoms with van der Waals surface area (Å²) in [6, 6.07) is 18.7. The van der Waals surface area contributed by atoms with E-state index < -0.39 is 0 Å². The van der Waals surface area contributed by atoms with Gasteiger partial charge in [0.1, 0.15) is 0 Å². The topological polar surface area (TPSA) is 23.6 Å². The molecule has 0 spiro atoms. The van der Waals surface area contributed by atoms with E-state index in [2.05, 4.69) is 29.7 Å². The fourth-order valence-electron chi connectivity index (χ4n) is 3.63. The van der Waals surface area contributed by atoms with Gasteiger partial charge in [-0.2, -0.15) is 0 Å². The second-order valence-corrected chi connectivity index (χ2v) is 6.43. The molecule has 0 aliphatic carbocycles. The number of carbonyl (C=O) groups is 1. The maximum Gasteiger partial charge on any atom is 0.226 e. The molecule has 3 nitrogen and oxygen atoms in total. The van der Waals surface area contributed by atoms with Crippen molar-refractivity contribution in [3.8, 4) is 0 Å². The molecular weight excluding hydrogens is 308 g/mol. The van der Waals surface area contributed by atoms with Crippen molar-refractivity contribution in [3.05, 3.63) is 66.7 Å². The number of hydrogen-bond donors (Lipinski definition) is 0. The van der Waals surface area contributed by atoms with Crippen LogP contribution >= 0.6 is 0 Å². The van der Waals surface area contributed by atoms with Gasteiger partial charge in [-0.25, -0.2) is 0 Å². The van der Waals surface area contributed by atoms with Crippen LogP contribution in [0.25, 0.3) is 6.08 Å². The first-order valence-electron chi connectivity index (χ1n) is 9.08. The van der Waals surface area contributed by atoms with Crippen LogP contribution in [0.4, 0.5) is 11.4 Å². The van der Waals surface area contributed by atoms with Crippen LogP contribution in [-0.4, -0.2) is 25.0 Å². The Morgan fingerprint density at radius 1 is 1.12 bits per heavy atom. The molecule has 1 amide bonds. The quantitative estimate of drug-likeness (QED) is 0.788. The van der Waals surface area contributed by atoms with Crippen LogP contribution in [-0.2, 0) is 4.79 Å². The molecule has 1 saturated heterocycles. The van der Waals surface area contributed by atoms with E-state index in [1.54, 1.807) is 0 Å². The second kappa shape index (κ2) is 8.02. The van der Waals surface area contributed by atoms with Crippen LogP contribution in [0.1, 0.15) is 31.7 Å². The molecule has 0 aromatic heterocycles. The lowest BCUT2D eigenvalue weighted by Gasteiger charge is -2.40. The predicted molar refractivity (Wildman–Crippen MR) is 106 cm³/mol. The van der Waals surface area contributed by atoms with Crippen molar-refractivity contribution >= 4 is 23.4 Å². The molecule has 2 aromatic rings. The summed E-state index contributed by atoms with van der Waals surface area (Å²) >= 11 is 0. The Morgan fingerprint density at radius 2 is 1.76 bits per heavy atom. The van der Waals surface area contributed by atoms with Crippen LogP contribution in [0.15, 0.2) is 61.2 Å². The molecule has 0 unspecified atom stereocenters. The molecule has 2 aromatic carbocycles. The summed E-state index contributed by atoms with van der Waals surface area (Å²) in [5.41, 5.74) is 3.42. The summed E-state index contributed by atoms with van der Waals surface area (Å²) in [5, 5.41) is 0. The van der Waals surface area contributed by atoms with Gasteiger partial charge < -0.3 is 9.80 Å². The highest BCUT2D eigenvalue weighted by atomic mass is 16.2. The average Bonchev–Trinajstić information content (AvgIpc) is 2.69. The lowest BCUT2D eigenvalue weighted by atomic mass is 10.00. The highest BCUT2D eigenvalue weighted by molar-refractivity contribution is 5.93. The first kappa shape index (κ1) is 17.3. The van der Waals surface area contributed by atoms with Gasteiger partial charge in [0.25, 0.3) is 0 Å². The van der Waals surface area contributed by atoms with E-state index in [0.717, 1.165) is 31.6 Å². The Kier molecular flexibility index (Phi) is 5.54. The van der Waals surface area contributed by atoms with E-state index >= 15 is 0 Å². The Bertz CT molecular complexity index is 718. The molecule has 1 aliphatic rings. The zero-order valence-electron chi connectivity index (χ0n) is 14.9. The fraction of sp³-hybridized carbons (Fsp3) is 0.318. The Hall–Kier alpha value is -2.55. The monoisotopic (exact) mass is 334 g/mol. The molecule has 0 bridgehead atoms. The Labute approximate surface area is 150 Å². The first-order chi connectivity index (χ1) is 12.2. The first-order valence-corrected chi connectivity index (χ1v) is 9.08. The van der Waals surface area contributed by atoms with Gasteiger partial charge in [0, 0.05) is 36.9 Å². The largest absolute Gasteiger partial charge is 0.371 e. The molecule has 0 radical (unpaired) electrons. The molecule has 3 heteroatoms. The molecular formula is C22H26N2O. The molecule has 0 N–H and O–H groups in total. The number of nitrogens with zero attached hydrogens (tertiary/aromatic N) is 2. The Morgan fingerprint density at radius 3 is 2.40 bits per heavy atom. The highest BCUT2D eigenvalue weighted by Crippen LogP contribution is 2.29.